The molecule has 9 fully saturated rings. The zero-order chi connectivity index (χ0) is 51.7. The number of allylic oxidation sites excluding steroid dienone is 6. The van der Waals surface area contributed by atoms with Gasteiger partial charge in [-0.05, 0) is 210 Å². The van der Waals surface area contributed by atoms with Crippen LogP contribution >= 0.6 is 0 Å². The third kappa shape index (κ3) is 5.57. The zero-order valence-corrected chi connectivity index (χ0v) is 46.9. The molecule has 9 heterocycles. The van der Waals surface area contributed by atoms with Crippen molar-refractivity contribution in [3.05, 3.63) is 93.1 Å². The van der Waals surface area contributed by atoms with E-state index in [1.54, 1.807) is 16.8 Å². The first kappa shape index (κ1) is 48.0. The first-order valence-corrected chi connectivity index (χ1v) is 33.2. The smallest absolute Gasteiger partial charge is 0.339 e. The number of fused-ring (bicyclic) bond motifs is 6. The van der Waals surface area contributed by atoms with Crippen molar-refractivity contribution in [3.8, 4) is 0 Å². The van der Waals surface area contributed by atoms with E-state index in [1.807, 2.05) is 0 Å². The van der Waals surface area contributed by atoms with Gasteiger partial charge in [0.25, 0.3) is 0 Å². The molecule has 17 atom stereocenters. The van der Waals surface area contributed by atoms with Crippen molar-refractivity contribution in [2.75, 3.05) is 26.2 Å². The van der Waals surface area contributed by atoms with Crippen molar-refractivity contribution < 1.29 is 24.2 Å². The van der Waals surface area contributed by atoms with E-state index in [1.165, 1.54) is 147 Å². The number of hydrogen-bond donors (Lipinski definition) is 2. The molecule has 3 N–H and O–H groups in total. The lowest BCUT2D eigenvalue weighted by Gasteiger charge is -2.73. The van der Waals surface area contributed by atoms with Crippen molar-refractivity contribution in [2.45, 2.75) is 204 Å². The summed E-state index contributed by atoms with van der Waals surface area (Å²) in [5, 5.41) is 14.2. The fraction of sp³-hybridized carbons (Fsp3) is 0.743. The van der Waals surface area contributed by atoms with Gasteiger partial charge in [-0.3, -0.25) is 9.69 Å². The quantitative estimate of drug-likeness (QED) is 0.222. The Kier molecular flexibility index (Phi) is 10.2. The van der Waals surface area contributed by atoms with E-state index in [-0.39, 0.29) is 47.6 Å². The van der Waals surface area contributed by atoms with Crippen LogP contribution in [0.25, 0.3) is 0 Å². The summed E-state index contributed by atoms with van der Waals surface area (Å²) in [5.74, 6) is 4.30. The molecule has 21 rings (SSSR count). The molecular formula is C70H89N3O5. The van der Waals surface area contributed by atoms with E-state index in [2.05, 4.69) is 52.3 Å². The van der Waals surface area contributed by atoms with Crippen LogP contribution in [-0.4, -0.2) is 65.1 Å². The Morgan fingerprint density at radius 2 is 1.59 bits per heavy atom. The minimum atomic E-state index is -1.15. The Balaban J connectivity index is 0.899. The maximum Gasteiger partial charge on any atom is 0.339 e. The summed E-state index contributed by atoms with van der Waals surface area (Å²) in [4.78, 5) is 38.5. The summed E-state index contributed by atoms with van der Waals surface area (Å²) >= 11 is 0. The lowest BCUT2D eigenvalue weighted by Crippen LogP contribution is -2.78. The largest absolute Gasteiger partial charge is 0.509 e. The molecule has 1 aromatic rings. The molecule has 0 aromatic heterocycles. The second-order valence-corrected chi connectivity index (χ2v) is 30.6. The molecule has 0 radical (unpaired) electrons. The molecule has 8 nitrogen and oxygen atoms in total. The number of piperidine rings is 2. The van der Waals surface area contributed by atoms with Gasteiger partial charge in [0.1, 0.15) is 11.2 Å². The molecule has 9 aliphatic heterocycles. The summed E-state index contributed by atoms with van der Waals surface area (Å²) in [6, 6.07) is 7.24. The van der Waals surface area contributed by atoms with Crippen LogP contribution in [0, 0.1) is 92.2 Å². The van der Waals surface area contributed by atoms with Crippen molar-refractivity contribution in [3.63, 3.8) is 0 Å². The predicted molar refractivity (Wildman–Crippen MR) is 300 cm³/mol. The summed E-state index contributed by atoms with van der Waals surface area (Å²) in [7, 11) is 0. The Morgan fingerprint density at radius 3 is 2.44 bits per heavy atom. The van der Waals surface area contributed by atoms with Crippen molar-refractivity contribution in [1.82, 2.24) is 9.80 Å². The summed E-state index contributed by atoms with van der Waals surface area (Å²) in [5.41, 5.74) is 13.3. The fourth-order valence-corrected chi connectivity index (χ4v) is 26.7. The lowest BCUT2D eigenvalue weighted by molar-refractivity contribution is -0.283. The van der Waals surface area contributed by atoms with Crippen molar-refractivity contribution in [1.29, 1.82) is 0 Å². The van der Waals surface area contributed by atoms with Gasteiger partial charge in [-0.15, -0.1) is 0 Å². The Morgan fingerprint density at radius 1 is 0.756 bits per heavy atom. The predicted octanol–water partition coefficient (Wildman–Crippen LogP) is 13.7. The second kappa shape index (κ2) is 16.6. The highest BCUT2D eigenvalue weighted by Gasteiger charge is 2.94. The number of carbonyl (C=O) groups is 2. The molecule has 6 saturated carbocycles. The molecule has 1 aromatic carbocycles. The average molecular weight is 1050 g/mol. The van der Waals surface area contributed by atoms with Gasteiger partial charge < -0.3 is 25.2 Å². The molecule has 8 heteroatoms. The number of nitrogens with zero attached hydrogens (tertiary/aromatic N) is 2. The molecule has 6 spiro atoms. The van der Waals surface area contributed by atoms with Gasteiger partial charge in [0.2, 0.25) is 0 Å². The van der Waals surface area contributed by atoms with Gasteiger partial charge in [-0.1, -0.05) is 105 Å². The highest BCUT2D eigenvalue weighted by Crippen LogP contribution is 2.89. The topological polar surface area (TPSA) is 105 Å². The standard InChI is InChI=1S/C70H89N3O5/c71-31-10-16-43-14-9-18-52-58(43)63(75)78-70(52)56-34-44(42-12-2-1-3-13-42)19-21-50-49-17-8-15-45-33-46-20-22-53-47-32-41-38-72(40-47)54(48-36-66(26-6-7-27-66)67(37-48)29-11-28-65(67)24-4-5-25-65)35-55(74)62-68(70)30-23-51(60(50)69(56,68)64(76)77-62)59(57(45)49)61(46)73(53)39-41/h8-9,14,17-19,21,41-42,44-45,47-50,53-54,56-57,59,74H,1-7,10-13,15-16,20,22-40,71H2. The molecule has 0 amide bonds. The van der Waals surface area contributed by atoms with Gasteiger partial charge in [-0.25, -0.2) is 4.79 Å². The van der Waals surface area contributed by atoms with Crippen LogP contribution in [0.1, 0.15) is 201 Å². The lowest BCUT2D eigenvalue weighted by atomic mass is 9.27. The average Bonchev–Trinajstić information content (AvgIpc) is 3.10. The molecule has 12 bridgehead atoms. The number of hydrogen-bond acceptors (Lipinski definition) is 8. The normalized spacial score (nSPS) is 47.2. The first-order valence-electron chi connectivity index (χ1n) is 33.2. The van der Waals surface area contributed by atoms with Gasteiger partial charge in [0.15, 0.2) is 11.4 Å². The van der Waals surface area contributed by atoms with Gasteiger partial charge >= 0.3 is 11.9 Å². The zero-order valence-electron chi connectivity index (χ0n) is 46.9. The Labute approximate surface area is 464 Å². The van der Waals surface area contributed by atoms with Gasteiger partial charge in [0, 0.05) is 67.2 Å². The van der Waals surface area contributed by atoms with Gasteiger partial charge in [-0.2, -0.15) is 0 Å². The van der Waals surface area contributed by atoms with Crippen LogP contribution in [0.4, 0.5) is 0 Å². The highest BCUT2D eigenvalue weighted by atomic mass is 16.6. The molecule has 414 valence electrons. The molecule has 20 aliphatic rings. The molecule has 17 unspecified atom stereocenters. The number of benzene rings is 1. The van der Waals surface area contributed by atoms with Crippen LogP contribution in [0.2, 0.25) is 0 Å². The molecular weight excluding hydrogens is 963 g/mol. The Hall–Kier alpha value is -3.62. The number of ether oxygens (including phenoxy) is 2. The van der Waals surface area contributed by atoms with Crippen LogP contribution in [-0.2, 0) is 26.3 Å². The number of carbonyl (C=O) groups excluding carboxylic acids is 2. The van der Waals surface area contributed by atoms with Crippen LogP contribution in [0.15, 0.2) is 76.4 Å². The second-order valence-electron chi connectivity index (χ2n) is 30.6. The van der Waals surface area contributed by atoms with Crippen LogP contribution in [0.5, 0.6) is 0 Å². The molecule has 11 aliphatic carbocycles. The SMILES string of the molecule is NCCCc1cccc2c1C(=O)OC21C2CC(C3CCCCC3)C=CC3C4=C5CCC16C(=C(O)CC(C1CC7(CCCC7)C7(CCCC78CCCC8)C1)N1CC7CC(C1)C1CCC8=C(C5C5C(CC=CC35)C8)N1C7)OC(=O)C426. The van der Waals surface area contributed by atoms with E-state index in [9.17, 15) is 5.11 Å². The molecule has 78 heavy (non-hydrogen) atoms. The third-order valence-electron chi connectivity index (χ3n) is 28.6. The number of rotatable bonds is 5. The highest BCUT2D eigenvalue weighted by molar-refractivity contribution is 6.00. The monoisotopic (exact) mass is 1050 g/mol. The number of aliphatic hydroxyl groups is 1. The van der Waals surface area contributed by atoms with Crippen LogP contribution in [0.3, 0.4) is 0 Å². The maximum absolute atomic E-state index is 16.9. The van der Waals surface area contributed by atoms with E-state index in [4.69, 9.17) is 15.2 Å². The van der Waals surface area contributed by atoms with Crippen LogP contribution < -0.4 is 5.73 Å². The number of esters is 2. The number of aliphatic hydroxyl groups excluding tert-OH is 1. The van der Waals surface area contributed by atoms with E-state index < -0.39 is 16.4 Å². The van der Waals surface area contributed by atoms with Crippen molar-refractivity contribution in [2.24, 2.45) is 97.9 Å². The van der Waals surface area contributed by atoms with E-state index in [0.717, 1.165) is 56.4 Å². The summed E-state index contributed by atoms with van der Waals surface area (Å²) in [6.45, 7) is 3.91. The minimum Gasteiger partial charge on any atom is -0.509 e. The Bertz CT molecular complexity index is 2940. The first-order chi connectivity index (χ1) is 38.2. The van der Waals surface area contributed by atoms with Crippen molar-refractivity contribution >= 4 is 11.9 Å². The summed E-state index contributed by atoms with van der Waals surface area (Å²) in [6.07, 6.45) is 45.2. The van der Waals surface area contributed by atoms with E-state index in [0.29, 0.717) is 101 Å². The third-order valence-corrected chi connectivity index (χ3v) is 28.6. The molecule has 3 saturated heterocycles. The fourth-order valence-electron chi connectivity index (χ4n) is 26.7. The minimum absolute atomic E-state index is 0.0531. The maximum atomic E-state index is 16.9. The summed E-state index contributed by atoms with van der Waals surface area (Å²) < 4.78 is 15.0. The van der Waals surface area contributed by atoms with E-state index >= 15 is 9.59 Å². The van der Waals surface area contributed by atoms with Gasteiger partial charge in [0.05, 0.1) is 11.0 Å². The number of nitrogens with two attached hydrogens (primary N) is 1. The number of aryl methyl sites for hydroxylation is 1.